The van der Waals surface area contributed by atoms with Crippen molar-refractivity contribution in [3.05, 3.63) is 63.2 Å². The van der Waals surface area contributed by atoms with Crippen LogP contribution in [-0.2, 0) is 9.59 Å². The van der Waals surface area contributed by atoms with Crippen molar-refractivity contribution in [2.24, 2.45) is 0 Å². The highest BCUT2D eigenvalue weighted by atomic mass is 79.9. The molecular weight excluding hydrogens is 475 g/mol. The van der Waals surface area contributed by atoms with Gasteiger partial charge >= 0.3 is 0 Å². The summed E-state index contributed by atoms with van der Waals surface area (Å²) in [6.45, 7) is 3.34. The van der Waals surface area contributed by atoms with Gasteiger partial charge in [0.15, 0.2) is 6.61 Å². The molecule has 0 aromatic heterocycles. The molecule has 6 nitrogen and oxygen atoms in total. The Hall–Kier alpha value is -2.65. The number of ether oxygens (including phenoxy) is 1. The lowest BCUT2D eigenvalue weighted by molar-refractivity contribution is -0.123. The molecule has 1 saturated heterocycles. The Morgan fingerprint density at radius 1 is 1.23 bits per heavy atom. The van der Waals surface area contributed by atoms with Crippen molar-refractivity contribution in [2.75, 3.05) is 11.9 Å². The highest BCUT2D eigenvalue weighted by Crippen LogP contribution is 2.34. The van der Waals surface area contributed by atoms with E-state index < -0.39 is 0 Å². The molecule has 3 amide bonds. The minimum Gasteiger partial charge on any atom is -0.483 e. The molecule has 3 rings (SSSR count). The lowest BCUT2D eigenvalue weighted by Gasteiger charge is -2.16. The molecule has 1 N–H and O–H groups in total. The van der Waals surface area contributed by atoms with Crippen LogP contribution >= 0.6 is 27.7 Å². The van der Waals surface area contributed by atoms with Crippen LogP contribution in [0.15, 0.2) is 51.8 Å². The topological polar surface area (TPSA) is 75.7 Å². The summed E-state index contributed by atoms with van der Waals surface area (Å²) < 4.78 is 19.0. The van der Waals surface area contributed by atoms with Crippen molar-refractivity contribution >= 4 is 56.5 Å². The van der Waals surface area contributed by atoms with E-state index in [0.717, 1.165) is 11.8 Å². The summed E-state index contributed by atoms with van der Waals surface area (Å²) >= 11 is 4.29. The van der Waals surface area contributed by atoms with Gasteiger partial charge in [0.25, 0.3) is 17.1 Å². The van der Waals surface area contributed by atoms with Gasteiger partial charge in [-0.25, -0.2) is 4.39 Å². The Morgan fingerprint density at radius 2 is 1.93 bits per heavy atom. The van der Waals surface area contributed by atoms with Gasteiger partial charge in [0.2, 0.25) is 0 Å². The average molecular weight is 493 g/mol. The zero-order chi connectivity index (χ0) is 21.8. The van der Waals surface area contributed by atoms with Crippen LogP contribution in [0.5, 0.6) is 5.75 Å². The molecule has 1 heterocycles. The first-order valence-electron chi connectivity index (χ1n) is 8.99. The molecule has 1 aliphatic rings. The third-order valence-corrected chi connectivity index (χ3v) is 5.58. The fourth-order valence-electron chi connectivity index (χ4n) is 2.67. The van der Waals surface area contributed by atoms with Gasteiger partial charge in [0.1, 0.15) is 11.6 Å². The number of imide groups is 1. The maximum atomic E-state index is 12.9. The maximum absolute atomic E-state index is 12.9. The van der Waals surface area contributed by atoms with E-state index in [4.69, 9.17) is 4.74 Å². The summed E-state index contributed by atoms with van der Waals surface area (Å²) in [6.07, 6.45) is 1.64. The highest BCUT2D eigenvalue weighted by Gasteiger charge is 2.36. The Balaban J connectivity index is 1.63. The number of rotatable bonds is 6. The van der Waals surface area contributed by atoms with E-state index in [1.165, 1.54) is 29.2 Å². The molecule has 0 aliphatic carbocycles. The first kappa shape index (κ1) is 22.0. The fourth-order valence-corrected chi connectivity index (χ4v) is 4.15. The molecule has 0 radical (unpaired) electrons. The molecule has 2 aromatic rings. The minimum absolute atomic E-state index is 0.202. The predicted octanol–water partition coefficient (Wildman–Crippen LogP) is 5.05. The van der Waals surface area contributed by atoms with E-state index in [0.29, 0.717) is 26.4 Å². The van der Waals surface area contributed by atoms with Crippen LogP contribution in [0.4, 0.5) is 14.9 Å². The van der Waals surface area contributed by atoms with Gasteiger partial charge in [-0.1, -0.05) is 6.07 Å². The van der Waals surface area contributed by atoms with Gasteiger partial charge in [-0.3, -0.25) is 19.3 Å². The number of hydrogen-bond donors (Lipinski definition) is 1. The minimum atomic E-state index is -0.389. The van der Waals surface area contributed by atoms with Gasteiger partial charge in [-0.15, -0.1) is 0 Å². The smallest absolute Gasteiger partial charge is 0.293 e. The molecular formula is C21H18BrFN2O4S. The third-order valence-electron chi connectivity index (χ3n) is 4.08. The normalized spacial score (nSPS) is 15.2. The second-order valence-corrected chi connectivity index (χ2v) is 8.53. The second kappa shape index (κ2) is 9.44. The van der Waals surface area contributed by atoms with Gasteiger partial charge in [-0.2, -0.15) is 0 Å². The predicted molar refractivity (Wildman–Crippen MR) is 118 cm³/mol. The zero-order valence-electron chi connectivity index (χ0n) is 16.1. The van der Waals surface area contributed by atoms with Crippen molar-refractivity contribution in [2.45, 2.75) is 19.9 Å². The fraction of sp³-hybridized carbons (Fsp3) is 0.190. The van der Waals surface area contributed by atoms with E-state index in [9.17, 15) is 18.8 Å². The number of halogens is 2. The van der Waals surface area contributed by atoms with Crippen LogP contribution in [0, 0.1) is 5.82 Å². The number of hydrogen-bond acceptors (Lipinski definition) is 5. The lowest BCUT2D eigenvalue weighted by Crippen LogP contribution is -2.34. The molecule has 0 saturated carbocycles. The number of carbonyl (C=O) groups excluding carboxylic acids is 3. The zero-order valence-corrected chi connectivity index (χ0v) is 18.6. The number of anilines is 1. The van der Waals surface area contributed by atoms with Gasteiger partial charge in [0, 0.05) is 11.7 Å². The molecule has 0 unspecified atom stereocenters. The van der Waals surface area contributed by atoms with Gasteiger partial charge in [-0.05, 0) is 89.6 Å². The maximum Gasteiger partial charge on any atom is 0.293 e. The van der Waals surface area contributed by atoms with Crippen LogP contribution < -0.4 is 10.1 Å². The molecule has 30 heavy (non-hydrogen) atoms. The molecule has 0 bridgehead atoms. The number of nitrogens with one attached hydrogen (secondary N) is 1. The number of nitrogens with zero attached hydrogens (tertiary/aromatic N) is 1. The summed E-state index contributed by atoms with van der Waals surface area (Å²) in [5.74, 6) is -0.646. The van der Waals surface area contributed by atoms with Crippen LogP contribution in [0.3, 0.4) is 0 Å². The van der Waals surface area contributed by atoms with Crippen LogP contribution in [0.2, 0.25) is 0 Å². The van der Waals surface area contributed by atoms with Crippen molar-refractivity contribution in [1.82, 2.24) is 4.90 Å². The molecule has 0 spiro atoms. The van der Waals surface area contributed by atoms with E-state index in [-0.39, 0.29) is 35.5 Å². The number of thioether (sulfide) groups is 1. The largest absolute Gasteiger partial charge is 0.483 e. The lowest BCUT2D eigenvalue weighted by atomic mass is 10.2. The Morgan fingerprint density at radius 3 is 2.53 bits per heavy atom. The van der Waals surface area contributed by atoms with Gasteiger partial charge < -0.3 is 10.1 Å². The number of amides is 3. The molecule has 156 valence electrons. The number of carbonyl (C=O) groups is 3. The van der Waals surface area contributed by atoms with Crippen molar-refractivity contribution in [3.63, 3.8) is 0 Å². The quantitative estimate of drug-likeness (QED) is 0.570. The molecule has 2 aromatic carbocycles. The molecule has 1 aliphatic heterocycles. The Kier molecular flexibility index (Phi) is 6.94. The summed E-state index contributed by atoms with van der Waals surface area (Å²) in [7, 11) is 0. The standard InChI is InChI=1S/C21H18BrFN2O4S/c1-12(2)25-20(27)18(30-21(25)28)10-13-3-8-17(16(22)9-13)29-11-19(26)24-15-6-4-14(23)5-7-15/h3-10,12H,11H2,1-2H3,(H,24,26)/b18-10+. The summed E-state index contributed by atoms with van der Waals surface area (Å²) in [5.41, 5.74) is 1.18. The van der Waals surface area contributed by atoms with E-state index >= 15 is 0 Å². The number of benzene rings is 2. The van der Waals surface area contributed by atoms with Crippen molar-refractivity contribution in [1.29, 1.82) is 0 Å². The van der Waals surface area contributed by atoms with E-state index in [2.05, 4.69) is 21.2 Å². The first-order valence-corrected chi connectivity index (χ1v) is 10.6. The second-order valence-electron chi connectivity index (χ2n) is 6.68. The van der Waals surface area contributed by atoms with Crippen LogP contribution in [0.1, 0.15) is 19.4 Å². The van der Waals surface area contributed by atoms with Crippen LogP contribution in [0.25, 0.3) is 6.08 Å². The monoisotopic (exact) mass is 492 g/mol. The Bertz CT molecular complexity index is 1020. The summed E-state index contributed by atoms with van der Waals surface area (Å²) in [4.78, 5) is 37.9. The molecule has 9 heteroatoms. The molecule has 0 atom stereocenters. The molecule has 1 fully saturated rings. The summed E-state index contributed by atoms with van der Waals surface area (Å²) in [6, 6.07) is 10.3. The van der Waals surface area contributed by atoms with E-state index in [1.54, 1.807) is 38.1 Å². The van der Waals surface area contributed by atoms with Crippen molar-refractivity contribution in [3.8, 4) is 5.75 Å². The average Bonchev–Trinajstić information content (AvgIpc) is 2.96. The van der Waals surface area contributed by atoms with Gasteiger partial charge in [0.05, 0.1) is 9.38 Å². The third kappa shape index (κ3) is 5.28. The van der Waals surface area contributed by atoms with E-state index in [1.807, 2.05) is 0 Å². The SMILES string of the molecule is CC(C)N1C(=O)S/C(=C/c2ccc(OCC(=O)Nc3ccc(F)cc3)c(Br)c2)C1=O. The Labute approximate surface area is 185 Å². The first-order chi connectivity index (χ1) is 14.2. The highest BCUT2D eigenvalue weighted by molar-refractivity contribution is 9.10. The van der Waals surface area contributed by atoms with Crippen molar-refractivity contribution < 1.29 is 23.5 Å². The van der Waals surface area contributed by atoms with Crippen LogP contribution in [-0.4, -0.2) is 34.6 Å². The summed E-state index contributed by atoms with van der Waals surface area (Å²) in [5, 5.41) is 2.32.